The van der Waals surface area contributed by atoms with E-state index in [0.717, 1.165) is 13.0 Å². The molecule has 0 N–H and O–H groups in total. The predicted octanol–water partition coefficient (Wildman–Crippen LogP) is 1.82. The van der Waals surface area contributed by atoms with Crippen LogP contribution in [0.4, 0.5) is 0 Å². The molecule has 0 aromatic rings. The van der Waals surface area contributed by atoms with Crippen molar-refractivity contribution in [3.63, 3.8) is 0 Å². The van der Waals surface area contributed by atoms with Crippen LogP contribution >= 0.6 is 0 Å². The molecule has 1 atom stereocenters. The van der Waals surface area contributed by atoms with Gasteiger partial charge in [0.1, 0.15) is 0 Å². The Morgan fingerprint density at radius 1 is 1.64 bits per heavy atom. The van der Waals surface area contributed by atoms with Gasteiger partial charge in [0.2, 0.25) is 5.91 Å². The van der Waals surface area contributed by atoms with Crippen LogP contribution < -0.4 is 0 Å². The standard InChI is InChI=1S/C9H17NO/c1-5-8(4)10(7-3)9(11)6-2/h6,8H,2,5,7H2,1,3-4H3. The Balaban J connectivity index is 4.14. The van der Waals surface area contributed by atoms with Crippen LogP contribution in [-0.2, 0) is 4.79 Å². The summed E-state index contributed by atoms with van der Waals surface area (Å²) in [5.74, 6) is 0.0295. The van der Waals surface area contributed by atoms with Crippen molar-refractivity contribution in [2.75, 3.05) is 6.54 Å². The molecule has 1 amide bonds. The Kier molecular flexibility index (Phi) is 4.59. The second-order valence-electron chi connectivity index (χ2n) is 2.59. The number of hydrogen-bond donors (Lipinski definition) is 0. The van der Waals surface area contributed by atoms with Crippen LogP contribution in [0.2, 0.25) is 0 Å². The highest BCUT2D eigenvalue weighted by atomic mass is 16.2. The molecule has 0 bridgehead atoms. The van der Waals surface area contributed by atoms with E-state index in [0.29, 0.717) is 6.04 Å². The molecule has 0 aliphatic carbocycles. The average Bonchev–Trinajstić information content (AvgIpc) is 2.05. The minimum absolute atomic E-state index is 0.0295. The molecule has 0 aliphatic heterocycles. The van der Waals surface area contributed by atoms with E-state index in [1.54, 1.807) is 0 Å². The molecule has 2 heteroatoms. The number of nitrogens with zero attached hydrogens (tertiary/aromatic N) is 1. The normalized spacial score (nSPS) is 12.3. The highest BCUT2D eigenvalue weighted by Gasteiger charge is 2.12. The van der Waals surface area contributed by atoms with E-state index in [4.69, 9.17) is 0 Å². The van der Waals surface area contributed by atoms with Gasteiger partial charge in [-0.15, -0.1) is 0 Å². The maximum absolute atomic E-state index is 11.2. The van der Waals surface area contributed by atoms with Gasteiger partial charge in [0.25, 0.3) is 0 Å². The first-order valence-electron chi connectivity index (χ1n) is 4.10. The summed E-state index contributed by atoms with van der Waals surface area (Å²) in [4.78, 5) is 13.0. The molecule has 0 heterocycles. The van der Waals surface area contributed by atoms with Gasteiger partial charge in [0.05, 0.1) is 0 Å². The Bertz CT molecular complexity index is 142. The van der Waals surface area contributed by atoms with Crippen LogP contribution in [-0.4, -0.2) is 23.4 Å². The molecule has 0 fully saturated rings. The van der Waals surface area contributed by atoms with Crippen LogP contribution in [0.3, 0.4) is 0 Å². The fourth-order valence-electron chi connectivity index (χ4n) is 1.02. The molecule has 0 saturated carbocycles. The fraction of sp³-hybridized carbons (Fsp3) is 0.667. The van der Waals surface area contributed by atoms with Crippen molar-refractivity contribution in [3.05, 3.63) is 12.7 Å². The van der Waals surface area contributed by atoms with E-state index in [9.17, 15) is 4.79 Å². The van der Waals surface area contributed by atoms with E-state index in [2.05, 4.69) is 13.5 Å². The molecule has 64 valence electrons. The van der Waals surface area contributed by atoms with Gasteiger partial charge < -0.3 is 4.90 Å². The van der Waals surface area contributed by atoms with Gasteiger partial charge in [-0.05, 0) is 26.3 Å². The van der Waals surface area contributed by atoms with Gasteiger partial charge in [-0.25, -0.2) is 0 Å². The van der Waals surface area contributed by atoms with E-state index >= 15 is 0 Å². The van der Waals surface area contributed by atoms with Gasteiger partial charge in [-0.2, -0.15) is 0 Å². The molecular weight excluding hydrogens is 138 g/mol. The van der Waals surface area contributed by atoms with Gasteiger partial charge in [-0.1, -0.05) is 13.5 Å². The summed E-state index contributed by atoms with van der Waals surface area (Å²) in [6.45, 7) is 10.3. The van der Waals surface area contributed by atoms with Crippen molar-refractivity contribution in [2.45, 2.75) is 33.2 Å². The van der Waals surface area contributed by atoms with Crippen molar-refractivity contribution in [1.82, 2.24) is 4.90 Å². The predicted molar refractivity (Wildman–Crippen MR) is 47.3 cm³/mol. The average molecular weight is 155 g/mol. The summed E-state index contributed by atoms with van der Waals surface area (Å²) in [5, 5.41) is 0. The summed E-state index contributed by atoms with van der Waals surface area (Å²) in [6, 6.07) is 0.325. The minimum atomic E-state index is 0.0295. The Morgan fingerprint density at radius 2 is 2.18 bits per heavy atom. The van der Waals surface area contributed by atoms with Gasteiger partial charge in [0, 0.05) is 12.6 Å². The smallest absolute Gasteiger partial charge is 0.246 e. The van der Waals surface area contributed by atoms with Gasteiger partial charge in [-0.3, -0.25) is 4.79 Å². The van der Waals surface area contributed by atoms with Crippen molar-refractivity contribution >= 4 is 5.91 Å². The molecule has 0 saturated heterocycles. The van der Waals surface area contributed by atoms with Crippen molar-refractivity contribution in [3.8, 4) is 0 Å². The SMILES string of the molecule is C=CC(=O)N(CC)C(C)CC. The monoisotopic (exact) mass is 155 g/mol. The van der Waals surface area contributed by atoms with E-state index in [1.807, 2.05) is 18.7 Å². The second-order valence-corrected chi connectivity index (χ2v) is 2.59. The zero-order valence-electron chi connectivity index (χ0n) is 7.63. The number of carbonyl (C=O) groups excluding carboxylic acids is 1. The summed E-state index contributed by atoms with van der Waals surface area (Å²) in [7, 11) is 0. The molecule has 0 aliphatic rings. The first-order chi connectivity index (χ1) is 5.17. The van der Waals surface area contributed by atoms with E-state index < -0.39 is 0 Å². The highest BCUT2D eigenvalue weighted by Crippen LogP contribution is 2.03. The van der Waals surface area contributed by atoms with E-state index in [-0.39, 0.29) is 5.91 Å². The largest absolute Gasteiger partial charge is 0.337 e. The fourth-order valence-corrected chi connectivity index (χ4v) is 1.02. The summed E-state index contributed by atoms with van der Waals surface area (Å²) >= 11 is 0. The Hall–Kier alpha value is -0.790. The number of amides is 1. The van der Waals surface area contributed by atoms with Crippen molar-refractivity contribution in [1.29, 1.82) is 0 Å². The third-order valence-corrected chi connectivity index (χ3v) is 1.92. The molecule has 0 spiro atoms. The minimum Gasteiger partial charge on any atom is -0.337 e. The quantitative estimate of drug-likeness (QED) is 0.567. The lowest BCUT2D eigenvalue weighted by Gasteiger charge is -2.25. The van der Waals surface area contributed by atoms with Crippen LogP contribution in [0, 0.1) is 0 Å². The zero-order chi connectivity index (χ0) is 8.85. The summed E-state index contributed by atoms with van der Waals surface area (Å²) < 4.78 is 0. The topological polar surface area (TPSA) is 20.3 Å². The summed E-state index contributed by atoms with van der Waals surface area (Å²) in [6.07, 6.45) is 2.36. The molecule has 0 rings (SSSR count). The lowest BCUT2D eigenvalue weighted by molar-refractivity contribution is -0.127. The van der Waals surface area contributed by atoms with Gasteiger partial charge in [0.15, 0.2) is 0 Å². The Morgan fingerprint density at radius 3 is 2.45 bits per heavy atom. The lowest BCUT2D eigenvalue weighted by Crippen LogP contribution is -2.36. The number of rotatable bonds is 4. The third kappa shape index (κ3) is 2.74. The molecule has 0 aromatic heterocycles. The summed E-state index contributed by atoms with van der Waals surface area (Å²) in [5.41, 5.74) is 0. The number of likely N-dealkylation sites (N-methyl/N-ethyl adjacent to an activating group) is 1. The maximum Gasteiger partial charge on any atom is 0.246 e. The number of carbonyl (C=O) groups is 1. The molecule has 2 nitrogen and oxygen atoms in total. The van der Waals surface area contributed by atoms with Crippen molar-refractivity contribution in [2.24, 2.45) is 0 Å². The number of hydrogen-bond acceptors (Lipinski definition) is 1. The van der Waals surface area contributed by atoms with Crippen LogP contribution in [0.1, 0.15) is 27.2 Å². The molecular formula is C9H17NO. The first kappa shape index (κ1) is 10.2. The molecule has 0 radical (unpaired) electrons. The third-order valence-electron chi connectivity index (χ3n) is 1.92. The Labute approximate surface area is 68.9 Å². The second kappa shape index (κ2) is 4.94. The first-order valence-corrected chi connectivity index (χ1v) is 4.10. The van der Waals surface area contributed by atoms with Crippen molar-refractivity contribution < 1.29 is 4.79 Å². The van der Waals surface area contributed by atoms with Crippen LogP contribution in [0.5, 0.6) is 0 Å². The van der Waals surface area contributed by atoms with Gasteiger partial charge >= 0.3 is 0 Å². The molecule has 11 heavy (non-hydrogen) atoms. The van der Waals surface area contributed by atoms with Crippen LogP contribution in [0.15, 0.2) is 12.7 Å². The molecule has 1 unspecified atom stereocenters. The zero-order valence-corrected chi connectivity index (χ0v) is 7.63. The molecule has 0 aromatic carbocycles. The lowest BCUT2D eigenvalue weighted by atomic mass is 10.2. The maximum atomic E-state index is 11.2. The van der Waals surface area contributed by atoms with Crippen LogP contribution in [0.25, 0.3) is 0 Å². The van der Waals surface area contributed by atoms with E-state index in [1.165, 1.54) is 6.08 Å². The highest BCUT2D eigenvalue weighted by molar-refractivity contribution is 5.87.